The van der Waals surface area contributed by atoms with Gasteiger partial charge in [-0.05, 0) is 11.5 Å². The second-order valence-electron chi connectivity index (χ2n) is 5.54. The first-order valence-electron chi connectivity index (χ1n) is 6.49. The van der Waals surface area contributed by atoms with Crippen LogP contribution >= 0.6 is 0 Å². The number of para-hydroxylation sites is 1. The smallest absolute Gasteiger partial charge is 0.249 e. The minimum Gasteiger partial charge on any atom is -0.437 e. The molecule has 0 unspecified atom stereocenters. The number of ether oxygens (including phenoxy) is 1. The molecule has 0 spiro atoms. The van der Waals surface area contributed by atoms with E-state index in [2.05, 4.69) is 35.9 Å². The molecule has 0 aliphatic rings. The predicted octanol–water partition coefficient (Wildman–Crippen LogP) is 2.66. The average molecular weight is 286 g/mol. The number of hydrogen-bond donors (Lipinski definition) is 2. The van der Waals surface area contributed by atoms with Crippen molar-refractivity contribution >= 4 is 5.84 Å². The van der Waals surface area contributed by atoms with Gasteiger partial charge in [-0.3, -0.25) is 0 Å². The van der Waals surface area contributed by atoms with Crippen molar-refractivity contribution in [2.75, 3.05) is 0 Å². The third kappa shape index (κ3) is 3.28. The van der Waals surface area contributed by atoms with E-state index < -0.39 is 0 Å². The minimum atomic E-state index is -0.147. The Bertz CT molecular complexity index is 663. The van der Waals surface area contributed by atoms with Crippen LogP contribution in [0.4, 0.5) is 0 Å². The summed E-state index contributed by atoms with van der Waals surface area (Å²) in [6, 6.07) is 7.68. The molecular weight excluding hydrogens is 268 g/mol. The van der Waals surface area contributed by atoms with Crippen molar-refractivity contribution in [2.24, 2.45) is 10.9 Å². The van der Waals surface area contributed by atoms with E-state index in [0.29, 0.717) is 5.75 Å². The lowest BCUT2D eigenvalue weighted by molar-refractivity contribution is 0.318. The van der Waals surface area contributed by atoms with Gasteiger partial charge in [-0.25, -0.2) is 9.97 Å². The van der Waals surface area contributed by atoms with Crippen LogP contribution in [-0.4, -0.2) is 21.0 Å². The molecule has 6 heteroatoms. The van der Waals surface area contributed by atoms with Crippen LogP contribution in [-0.2, 0) is 5.41 Å². The van der Waals surface area contributed by atoms with Gasteiger partial charge in [0.2, 0.25) is 5.88 Å². The maximum atomic E-state index is 8.80. The van der Waals surface area contributed by atoms with Crippen molar-refractivity contribution in [2.45, 2.75) is 26.2 Å². The van der Waals surface area contributed by atoms with Crippen molar-refractivity contribution in [1.82, 2.24) is 9.97 Å². The Morgan fingerprint density at radius 3 is 2.52 bits per heavy atom. The molecule has 0 amide bonds. The summed E-state index contributed by atoms with van der Waals surface area (Å²) in [5.74, 6) is 0.716. The Hall–Kier alpha value is -2.63. The van der Waals surface area contributed by atoms with Gasteiger partial charge in [0.15, 0.2) is 11.5 Å². The molecule has 0 fully saturated rings. The SMILES string of the molecule is CC(C)(C)c1ccccc1Oc1nccnc1C(N)=NO. The summed E-state index contributed by atoms with van der Waals surface area (Å²) in [6.07, 6.45) is 2.94. The standard InChI is InChI=1S/C15H18N4O2/c1-15(2,3)10-6-4-5-7-11(10)21-14-12(13(16)19-20)17-8-9-18-14/h4-9,20H,1-3H3,(H2,16,19). The van der Waals surface area contributed by atoms with Gasteiger partial charge < -0.3 is 15.7 Å². The van der Waals surface area contributed by atoms with Crippen LogP contribution in [0.5, 0.6) is 11.6 Å². The predicted molar refractivity (Wildman–Crippen MR) is 79.8 cm³/mol. The Morgan fingerprint density at radius 1 is 1.19 bits per heavy atom. The lowest BCUT2D eigenvalue weighted by atomic mass is 9.86. The quantitative estimate of drug-likeness (QED) is 0.391. The molecule has 1 aromatic carbocycles. The third-order valence-electron chi connectivity index (χ3n) is 2.92. The van der Waals surface area contributed by atoms with Gasteiger partial charge in [0.25, 0.3) is 0 Å². The van der Waals surface area contributed by atoms with E-state index in [0.717, 1.165) is 5.56 Å². The fourth-order valence-electron chi connectivity index (χ4n) is 1.90. The lowest BCUT2D eigenvalue weighted by Crippen LogP contribution is -2.17. The van der Waals surface area contributed by atoms with Crippen molar-refractivity contribution in [1.29, 1.82) is 0 Å². The molecule has 6 nitrogen and oxygen atoms in total. The van der Waals surface area contributed by atoms with Crippen LogP contribution in [0.3, 0.4) is 0 Å². The molecule has 0 radical (unpaired) electrons. The topological polar surface area (TPSA) is 93.6 Å². The van der Waals surface area contributed by atoms with Crippen LogP contribution < -0.4 is 10.5 Å². The first-order chi connectivity index (χ1) is 9.93. The molecule has 0 atom stereocenters. The highest BCUT2D eigenvalue weighted by atomic mass is 16.5. The normalized spacial score (nSPS) is 12.2. The van der Waals surface area contributed by atoms with E-state index in [9.17, 15) is 0 Å². The second kappa shape index (κ2) is 5.78. The molecule has 0 bridgehead atoms. The molecule has 110 valence electrons. The van der Waals surface area contributed by atoms with E-state index in [1.165, 1.54) is 12.4 Å². The first kappa shape index (κ1) is 14.8. The van der Waals surface area contributed by atoms with Gasteiger partial charge in [0.1, 0.15) is 5.75 Å². The van der Waals surface area contributed by atoms with Crippen LogP contribution in [0.25, 0.3) is 0 Å². The number of oxime groups is 1. The molecule has 0 aliphatic heterocycles. The molecule has 21 heavy (non-hydrogen) atoms. The number of hydrogen-bond acceptors (Lipinski definition) is 5. The van der Waals surface area contributed by atoms with Gasteiger partial charge in [-0.15, -0.1) is 0 Å². The number of aromatic nitrogens is 2. The Kier molecular flexibility index (Phi) is 4.07. The van der Waals surface area contributed by atoms with Crippen molar-refractivity contribution < 1.29 is 9.94 Å². The molecular formula is C15H18N4O2. The van der Waals surface area contributed by atoms with Crippen LogP contribution in [0, 0.1) is 0 Å². The third-order valence-corrected chi connectivity index (χ3v) is 2.92. The van der Waals surface area contributed by atoms with Crippen molar-refractivity contribution in [3.8, 4) is 11.6 Å². The molecule has 2 aromatic rings. The van der Waals surface area contributed by atoms with Crippen LogP contribution in [0.15, 0.2) is 41.8 Å². The summed E-state index contributed by atoms with van der Waals surface area (Å²) >= 11 is 0. The summed E-state index contributed by atoms with van der Waals surface area (Å²) in [5.41, 5.74) is 6.73. The van der Waals surface area contributed by atoms with E-state index in [1.54, 1.807) is 0 Å². The first-order valence-corrected chi connectivity index (χ1v) is 6.49. The van der Waals surface area contributed by atoms with Gasteiger partial charge in [-0.2, -0.15) is 0 Å². The number of benzene rings is 1. The highest BCUT2D eigenvalue weighted by Gasteiger charge is 2.20. The molecule has 0 aliphatic carbocycles. The van der Waals surface area contributed by atoms with Crippen molar-refractivity contribution in [3.05, 3.63) is 47.9 Å². The summed E-state index contributed by atoms with van der Waals surface area (Å²) < 4.78 is 5.84. The fourth-order valence-corrected chi connectivity index (χ4v) is 1.90. The zero-order valence-corrected chi connectivity index (χ0v) is 12.2. The van der Waals surface area contributed by atoms with Gasteiger partial charge >= 0.3 is 0 Å². The zero-order chi connectivity index (χ0) is 15.5. The van der Waals surface area contributed by atoms with E-state index >= 15 is 0 Å². The average Bonchev–Trinajstić information content (AvgIpc) is 2.46. The maximum Gasteiger partial charge on any atom is 0.249 e. The second-order valence-corrected chi connectivity index (χ2v) is 5.54. The zero-order valence-electron chi connectivity index (χ0n) is 12.2. The highest BCUT2D eigenvalue weighted by molar-refractivity contribution is 5.97. The summed E-state index contributed by atoms with van der Waals surface area (Å²) in [6.45, 7) is 6.28. The Balaban J connectivity index is 2.45. The van der Waals surface area contributed by atoms with E-state index in [-0.39, 0.29) is 22.8 Å². The molecule has 0 saturated carbocycles. The van der Waals surface area contributed by atoms with Crippen molar-refractivity contribution in [3.63, 3.8) is 0 Å². The van der Waals surface area contributed by atoms with E-state index in [4.69, 9.17) is 15.7 Å². The summed E-state index contributed by atoms with van der Waals surface area (Å²) in [5, 5.41) is 11.7. The molecule has 1 heterocycles. The summed E-state index contributed by atoms with van der Waals surface area (Å²) in [7, 11) is 0. The van der Waals surface area contributed by atoms with Gasteiger partial charge in [0, 0.05) is 18.0 Å². The Morgan fingerprint density at radius 2 is 1.86 bits per heavy atom. The molecule has 0 saturated heterocycles. The molecule has 1 aromatic heterocycles. The summed E-state index contributed by atoms with van der Waals surface area (Å²) in [4.78, 5) is 8.14. The number of amidine groups is 1. The van der Waals surface area contributed by atoms with Gasteiger partial charge in [-0.1, -0.05) is 44.1 Å². The minimum absolute atomic E-state index is 0.0877. The number of nitrogens with zero attached hydrogens (tertiary/aromatic N) is 3. The Labute approximate surface area is 123 Å². The number of rotatable bonds is 3. The monoisotopic (exact) mass is 286 g/mol. The van der Waals surface area contributed by atoms with Gasteiger partial charge in [0.05, 0.1) is 0 Å². The van der Waals surface area contributed by atoms with Crippen LogP contribution in [0.1, 0.15) is 32.0 Å². The number of nitrogens with two attached hydrogens (primary N) is 1. The lowest BCUT2D eigenvalue weighted by Gasteiger charge is -2.22. The molecule has 2 rings (SSSR count). The molecule has 3 N–H and O–H groups in total. The fraction of sp³-hybridized carbons (Fsp3) is 0.267. The van der Waals surface area contributed by atoms with E-state index in [1.807, 2.05) is 24.3 Å². The van der Waals surface area contributed by atoms with Crippen LogP contribution in [0.2, 0.25) is 0 Å². The largest absolute Gasteiger partial charge is 0.437 e. The maximum absolute atomic E-state index is 8.80. The highest BCUT2D eigenvalue weighted by Crippen LogP contribution is 2.33.